The first kappa shape index (κ1) is 9.33. The molecule has 66 valence electrons. The van der Waals surface area contributed by atoms with Gasteiger partial charge in [-0.2, -0.15) is 0 Å². The summed E-state index contributed by atoms with van der Waals surface area (Å²) < 4.78 is 5.54. The van der Waals surface area contributed by atoms with Gasteiger partial charge in [0.25, 0.3) is 0 Å². The first-order valence-corrected chi connectivity index (χ1v) is 4.16. The zero-order valence-electron chi connectivity index (χ0n) is 7.47. The Labute approximate surface area is 77.5 Å². The molecule has 12 heavy (non-hydrogen) atoms. The van der Waals surface area contributed by atoms with Crippen molar-refractivity contribution in [2.75, 3.05) is 0 Å². The lowest BCUT2D eigenvalue weighted by Gasteiger charge is -2.21. The maximum absolute atomic E-state index is 5.79. The summed E-state index contributed by atoms with van der Waals surface area (Å²) in [6.45, 7) is 5.91. The maximum atomic E-state index is 5.79. The minimum atomic E-state index is -0.229. The highest BCUT2D eigenvalue weighted by Gasteiger charge is 2.13. The fourth-order valence-electron chi connectivity index (χ4n) is 0.777. The molecule has 1 aromatic heterocycles. The summed E-state index contributed by atoms with van der Waals surface area (Å²) in [7, 11) is 0. The Hall–Kier alpha value is -0.760. The quantitative estimate of drug-likeness (QED) is 0.628. The average molecular weight is 186 g/mol. The number of hydrogen-bond acceptors (Lipinski definition) is 2. The number of hydrogen-bond donors (Lipinski definition) is 0. The summed E-state index contributed by atoms with van der Waals surface area (Å²) in [5.74, 6) is 0.631. The van der Waals surface area contributed by atoms with Gasteiger partial charge < -0.3 is 4.74 Å². The Morgan fingerprint density at radius 1 is 1.42 bits per heavy atom. The van der Waals surface area contributed by atoms with Crippen molar-refractivity contribution in [1.29, 1.82) is 0 Å². The highest BCUT2D eigenvalue weighted by atomic mass is 35.5. The van der Waals surface area contributed by atoms with Crippen LogP contribution in [0.15, 0.2) is 18.3 Å². The van der Waals surface area contributed by atoms with Crippen LogP contribution < -0.4 is 4.74 Å². The molecule has 0 atom stereocenters. The second kappa shape index (κ2) is 3.31. The minimum Gasteiger partial charge on any atom is -0.485 e. The third kappa shape index (κ3) is 2.70. The van der Waals surface area contributed by atoms with E-state index in [0.717, 1.165) is 0 Å². The molecule has 0 saturated carbocycles. The smallest absolute Gasteiger partial charge is 0.171 e. The molecule has 0 amide bonds. The maximum Gasteiger partial charge on any atom is 0.171 e. The van der Waals surface area contributed by atoms with E-state index >= 15 is 0 Å². The first-order chi connectivity index (χ1) is 5.49. The van der Waals surface area contributed by atoms with E-state index < -0.39 is 0 Å². The number of halogens is 1. The molecule has 1 rings (SSSR count). The van der Waals surface area contributed by atoms with Crippen LogP contribution >= 0.6 is 11.6 Å². The van der Waals surface area contributed by atoms with Crippen LogP contribution in [0.3, 0.4) is 0 Å². The molecule has 2 nitrogen and oxygen atoms in total. The third-order valence-electron chi connectivity index (χ3n) is 1.14. The lowest BCUT2D eigenvalue weighted by atomic mass is 10.2. The number of nitrogens with zero attached hydrogens (tertiary/aromatic N) is 1. The molecule has 1 heterocycles. The molecular weight excluding hydrogens is 174 g/mol. The van der Waals surface area contributed by atoms with Gasteiger partial charge >= 0.3 is 0 Å². The summed E-state index contributed by atoms with van der Waals surface area (Å²) in [5.41, 5.74) is -0.229. The van der Waals surface area contributed by atoms with Gasteiger partial charge in [0, 0.05) is 6.20 Å². The number of aromatic nitrogens is 1. The predicted octanol–water partition coefficient (Wildman–Crippen LogP) is 2.91. The second-order valence-electron chi connectivity index (χ2n) is 3.51. The van der Waals surface area contributed by atoms with Crippen molar-refractivity contribution < 1.29 is 4.74 Å². The standard InChI is InChI=1S/C9H12ClNO/c1-9(2,3)12-7-5-4-6-11-8(7)10/h4-6H,1-3H3. The Morgan fingerprint density at radius 3 is 2.58 bits per heavy atom. The monoisotopic (exact) mass is 185 g/mol. The van der Waals surface area contributed by atoms with Crippen molar-refractivity contribution in [1.82, 2.24) is 4.98 Å². The van der Waals surface area contributed by atoms with Crippen LogP contribution in [0.2, 0.25) is 5.15 Å². The highest BCUT2D eigenvalue weighted by molar-refractivity contribution is 6.30. The van der Waals surface area contributed by atoms with Crippen LogP contribution in [-0.4, -0.2) is 10.6 Å². The number of ether oxygens (including phenoxy) is 1. The Kier molecular flexibility index (Phi) is 2.58. The minimum absolute atomic E-state index is 0.229. The summed E-state index contributed by atoms with van der Waals surface area (Å²) in [4.78, 5) is 3.90. The molecular formula is C9H12ClNO. The van der Waals surface area contributed by atoms with Gasteiger partial charge in [-0.25, -0.2) is 4.98 Å². The summed E-state index contributed by atoms with van der Waals surface area (Å²) in [6.07, 6.45) is 1.64. The number of pyridine rings is 1. The lowest BCUT2D eigenvalue weighted by Crippen LogP contribution is -2.23. The molecule has 0 aromatic carbocycles. The van der Waals surface area contributed by atoms with Gasteiger partial charge in [0.05, 0.1) is 0 Å². The molecule has 0 aliphatic rings. The molecule has 0 unspecified atom stereocenters. The highest BCUT2D eigenvalue weighted by Crippen LogP contribution is 2.24. The molecule has 0 saturated heterocycles. The molecule has 0 aliphatic heterocycles. The normalized spacial score (nSPS) is 11.3. The zero-order valence-corrected chi connectivity index (χ0v) is 8.22. The second-order valence-corrected chi connectivity index (χ2v) is 3.86. The van der Waals surface area contributed by atoms with Crippen molar-refractivity contribution in [2.45, 2.75) is 26.4 Å². The van der Waals surface area contributed by atoms with Crippen LogP contribution in [0, 0.1) is 0 Å². The Morgan fingerprint density at radius 2 is 2.08 bits per heavy atom. The molecule has 0 N–H and O–H groups in total. The van der Waals surface area contributed by atoms with E-state index in [4.69, 9.17) is 16.3 Å². The van der Waals surface area contributed by atoms with Crippen molar-refractivity contribution in [3.05, 3.63) is 23.5 Å². The summed E-state index contributed by atoms with van der Waals surface area (Å²) in [5, 5.41) is 0.410. The summed E-state index contributed by atoms with van der Waals surface area (Å²) >= 11 is 5.79. The average Bonchev–Trinajstić information content (AvgIpc) is 1.91. The van der Waals surface area contributed by atoms with E-state index in [2.05, 4.69) is 4.98 Å². The van der Waals surface area contributed by atoms with Crippen LogP contribution in [-0.2, 0) is 0 Å². The van der Waals surface area contributed by atoms with Gasteiger partial charge in [0.2, 0.25) is 0 Å². The van der Waals surface area contributed by atoms with E-state index in [9.17, 15) is 0 Å². The first-order valence-electron chi connectivity index (χ1n) is 3.78. The topological polar surface area (TPSA) is 22.1 Å². The van der Waals surface area contributed by atoms with E-state index in [1.54, 1.807) is 18.3 Å². The fourth-order valence-corrected chi connectivity index (χ4v) is 0.935. The molecule has 0 spiro atoms. The van der Waals surface area contributed by atoms with E-state index in [0.29, 0.717) is 10.9 Å². The number of rotatable bonds is 1. The molecule has 3 heteroatoms. The van der Waals surface area contributed by atoms with E-state index in [1.807, 2.05) is 20.8 Å². The predicted molar refractivity (Wildman–Crippen MR) is 49.6 cm³/mol. The van der Waals surface area contributed by atoms with Crippen molar-refractivity contribution in [2.24, 2.45) is 0 Å². The van der Waals surface area contributed by atoms with Crippen molar-refractivity contribution >= 4 is 11.6 Å². The van der Waals surface area contributed by atoms with E-state index in [1.165, 1.54) is 0 Å². The largest absolute Gasteiger partial charge is 0.485 e. The molecule has 0 radical (unpaired) electrons. The van der Waals surface area contributed by atoms with Gasteiger partial charge in [-0.15, -0.1) is 0 Å². The van der Waals surface area contributed by atoms with Crippen LogP contribution in [0.1, 0.15) is 20.8 Å². The molecule has 0 fully saturated rings. The lowest BCUT2D eigenvalue weighted by molar-refractivity contribution is 0.130. The molecule has 0 bridgehead atoms. The summed E-state index contributed by atoms with van der Waals surface area (Å²) in [6, 6.07) is 3.60. The van der Waals surface area contributed by atoms with Gasteiger partial charge in [-0.1, -0.05) is 11.6 Å². The van der Waals surface area contributed by atoms with Crippen molar-refractivity contribution in [3.63, 3.8) is 0 Å². The van der Waals surface area contributed by atoms with Crippen LogP contribution in [0.25, 0.3) is 0 Å². The van der Waals surface area contributed by atoms with Crippen molar-refractivity contribution in [3.8, 4) is 5.75 Å². The SMILES string of the molecule is CC(C)(C)Oc1cccnc1Cl. The Balaban J connectivity index is 2.83. The third-order valence-corrected chi connectivity index (χ3v) is 1.42. The zero-order chi connectivity index (χ0) is 9.19. The van der Waals surface area contributed by atoms with Crippen LogP contribution in [0.5, 0.6) is 5.75 Å². The van der Waals surface area contributed by atoms with Gasteiger partial charge in [0.1, 0.15) is 5.60 Å². The Bertz CT molecular complexity index is 267. The molecule has 0 aliphatic carbocycles. The van der Waals surface area contributed by atoms with E-state index in [-0.39, 0.29) is 5.60 Å². The van der Waals surface area contributed by atoms with Gasteiger partial charge in [-0.3, -0.25) is 0 Å². The van der Waals surface area contributed by atoms with Gasteiger partial charge in [-0.05, 0) is 32.9 Å². The molecule has 1 aromatic rings. The fraction of sp³-hybridized carbons (Fsp3) is 0.444. The van der Waals surface area contributed by atoms with Gasteiger partial charge in [0.15, 0.2) is 10.9 Å². The van der Waals surface area contributed by atoms with Crippen LogP contribution in [0.4, 0.5) is 0 Å².